The zero-order valence-electron chi connectivity index (χ0n) is 14.1. The number of rotatable bonds is 4. The predicted molar refractivity (Wildman–Crippen MR) is 92.0 cm³/mol. The number of aliphatic hydroxyl groups is 1. The summed E-state index contributed by atoms with van der Waals surface area (Å²) in [5.74, 6) is -3.99. The highest BCUT2D eigenvalue weighted by Gasteiger charge is 2.43. The van der Waals surface area contributed by atoms with E-state index >= 15 is 0 Å². The molecule has 2 aromatic rings. The number of carbonyl (C=O) groups is 1. The number of ether oxygens (including phenoxy) is 2. The number of methoxy groups -OCH3 is 1. The van der Waals surface area contributed by atoms with Crippen LogP contribution in [0.25, 0.3) is 11.6 Å². The van der Waals surface area contributed by atoms with Crippen molar-refractivity contribution in [2.45, 2.75) is 12.7 Å². The van der Waals surface area contributed by atoms with E-state index in [2.05, 4.69) is 0 Å². The molecule has 1 aliphatic rings. The average molecular weight is 358 g/mol. The van der Waals surface area contributed by atoms with Gasteiger partial charge in [-0.1, -0.05) is 30.3 Å². The van der Waals surface area contributed by atoms with Crippen molar-refractivity contribution < 1.29 is 28.2 Å². The first-order valence-electron chi connectivity index (χ1n) is 7.80. The van der Waals surface area contributed by atoms with Gasteiger partial charge in [-0.05, 0) is 29.8 Å². The lowest BCUT2D eigenvalue weighted by Crippen LogP contribution is -2.26. The van der Waals surface area contributed by atoms with Crippen LogP contribution in [0.15, 0.2) is 54.1 Å². The molecule has 4 nitrogen and oxygen atoms in total. The SMILES string of the molecule is COc1cccc(C2=C(/C=C/c3cccc(F)c3)C(=O)OC2(C)O)c1F. The van der Waals surface area contributed by atoms with E-state index in [-0.39, 0.29) is 22.5 Å². The van der Waals surface area contributed by atoms with E-state index in [1.807, 2.05) is 0 Å². The van der Waals surface area contributed by atoms with Crippen molar-refractivity contribution in [2.75, 3.05) is 7.11 Å². The predicted octanol–water partition coefficient (Wildman–Crippen LogP) is 3.71. The molecule has 0 bridgehead atoms. The molecular weight excluding hydrogens is 342 g/mol. The van der Waals surface area contributed by atoms with Crippen LogP contribution in [-0.4, -0.2) is 24.0 Å². The Balaban J connectivity index is 2.15. The number of halogens is 2. The van der Waals surface area contributed by atoms with Gasteiger partial charge in [-0.15, -0.1) is 0 Å². The van der Waals surface area contributed by atoms with Crippen LogP contribution in [0, 0.1) is 11.6 Å². The van der Waals surface area contributed by atoms with Gasteiger partial charge in [0.05, 0.1) is 12.7 Å². The highest BCUT2D eigenvalue weighted by atomic mass is 19.1. The Kier molecular flexibility index (Phi) is 4.61. The third-order valence-electron chi connectivity index (χ3n) is 3.99. The minimum Gasteiger partial charge on any atom is -0.494 e. The standard InChI is InChI=1S/C20H16F2O4/c1-20(24)17(14-7-4-8-16(25-2)18(14)22)15(19(23)26-20)10-9-12-5-3-6-13(21)11-12/h3-11,24H,1-2H3/b10-9+. The van der Waals surface area contributed by atoms with Gasteiger partial charge in [-0.3, -0.25) is 0 Å². The summed E-state index contributed by atoms with van der Waals surface area (Å²) < 4.78 is 37.9. The van der Waals surface area contributed by atoms with Gasteiger partial charge in [-0.25, -0.2) is 13.6 Å². The minimum absolute atomic E-state index is 0.0147. The first-order chi connectivity index (χ1) is 12.3. The molecule has 0 saturated carbocycles. The molecule has 1 heterocycles. The minimum atomic E-state index is -2.01. The second-order valence-electron chi connectivity index (χ2n) is 5.87. The van der Waals surface area contributed by atoms with Crippen LogP contribution >= 0.6 is 0 Å². The van der Waals surface area contributed by atoms with E-state index in [0.29, 0.717) is 5.56 Å². The molecule has 134 valence electrons. The maximum Gasteiger partial charge on any atom is 0.341 e. The Labute approximate surface area is 149 Å². The van der Waals surface area contributed by atoms with E-state index in [1.54, 1.807) is 6.07 Å². The monoisotopic (exact) mass is 358 g/mol. The van der Waals surface area contributed by atoms with Crippen LogP contribution in [0.1, 0.15) is 18.1 Å². The van der Waals surface area contributed by atoms with Crippen LogP contribution in [0.2, 0.25) is 0 Å². The molecule has 0 aliphatic carbocycles. The summed E-state index contributed by atoms with van der Waals surface area (Å²) in [6, 6.07) is 10.1. The fourth-order valence-electron chi connectivity index (χ4n) is 2.84. The summed E-state index contributed by atoms with van der Waals surface area (Å²) in [6.45, 7) is 1.25. The van der Waals surface area contributed by atoms with Crippen LogP contribution < -0.4 is 4.74 Å². The summed E-state index contributed by atoms with van der Waals surface area (Å²) in [5.41, 5.74) is 0.444. The first-order valence-corrected chi connectivity index (χ1v) is 7.80. The van der Waals surface area contributed by atoms with E-state index in [9.17, 15) is 18.7 Å². The van der Waals surface area contributed by atoms with Gasteiger partial charge >= 0.3 is 5.97 Å². The average Bonchev–Trinajstić information content (AvgIpc) is 2.81. The summed E-state index contributed by atoms with van der Waals surface area (Å²) in [6.07, 6.45) is 2.85. The second-order valence-corrected chi connectivity index (χ2v) is 5.87. The highest BCUT2D eigenvalue weighted by Crippen LogP contribution is 2.41. The van der Waals surface area contributed by atoms with Crippen molar-refractivity contribution in [1.29, 1.82) is 0 Å². The van der Waals surface area contributed by atoms with Gasteiger partial charge in [0.2, 0.25) is 5.79 Å². The fraction of sp³-hybridized carbons (Fsp3) is 0.150. The Morgan fingerprint density at radius 1 is 1.15 bits per heavy atom. The molecule has 1 atom stereocenters. The quantitative estimate of drug-likeness (QED) is 0.847. The molecule has 6 heteroatoms. The molecular formula is C20H16F2O4. The van der Waals surface area contributed by atoms with Gasteiger partial charge in [0.1, 0.15) is 5.82 Å². The number of cyclic esters (lactones) is 1. The number of benzene rings is 2. The lowest BCUT2D eigenvalue weighted by atomic mass is 9.94. The van der Waals surface area contributed by atoms with E-state index in [1.165, 1.54) is 62.6 Å². The molecule has 3 rings (SSSR count). The van der Waals surface area contributed by atoms with Crippen molar-refractivity contribution in [3.8, 4) is 5.75 Å². The molecule has 0 spiro atoms. The largest absolute Gasteiger partial charge is 0.494 e. The summed E-state index contributed by atoms with van der Waals surface area (Å²) in [4.78, 5) is 12.2. The molecule has 0 aromatic heterocycles. The number of esters is 1. The van der Waals surface area contributed by atoms with Crippen LogP contribution in [0.5, 0.6) is 5.75 Å². The van der Waals surface area contributed by atoms with Gasteiger partial charge in [0, 0.05) is 18.1 Å². The molecule has 2 aromatic carbocycles. The Hall–Kier alpha value is -2.99. The topological polar surface area (TPSA) is 55.8 Å². The Morgan fingerprint density at radius 3 is 2.58 bits per heavy atom. The van der Waals surface area contributed by atoms with Gasteiger partial charge < -0.3 is 14.6 Å². The van der Waals surface area contributed by atoms with Crippen LogP contribution in [0.3, 0.4) is 0 Å². The number of carbonyl (C=O) groups excluding carboxylic acids is 1. The molecule has 1 unspecified atom stereocenters. The Bertz CT molecular complexity index is 929. The molecule has 0 radical (unpaired) electrons. The van der Waals surface area contributed by atoms with E-state index in [4.69, 9.17) is 9.47 Å². The zero-order valence-corrected chi connectivity index (χ0v) is 14.1. The second kappa shape index (κ2) is 6.72. The number of hydrogen-bond donors (Lipinski definition) is 1. The highest BCUT2D eigenvalue weighted by molar-refractivity contribution is 6.07. The van der Waals surface area contributed by atoms with Crippen molar-refractivity contribution in [3.05, 3.63) is 76.9 Å². The molecule has 0 amide bonds. The lowest BCUT2D eigenvalue weighted by molar-refractivity contribution is -0.170. The van der Waals surface area contributed by atoms with Crippen molar-refractivity contribution in [2.24, 2.45) is 0 Å². The third-order valence-corrected chi connectivity index (χ3v) is 3.99. The smallest absolute Gasteiger partial charge is 0.341 e. The maximum atomic E-state index is 14.7. The first kappa shape index (κ1) is 17.8. The van der Waals surface area contributed by atoms with Crippen molar-refractivity contribution in [1.82, 2.24) is 0 Å². The fourth-order valence-corrected chi connectivity index (χ4v) is 2.84. The van der Waals surface area contributed by atoms with Gasteiger partial charge in [0.15, 0.2) is 11.6 Å². The third kappa shape index (κ3) is 3.23. The van der Waals surface area contributed by atoms with Gasteiger partial charge in [0.25, 0.3) is 0 Å². The maximum absolute atomic E-state index is 14.7. The molecule has 26 heavy (non-hydrogen) atoms. The summed E-state index contributed by atoms with van der Waals surface area (Å²) in [7, 11) is 1.32. The number of hydrogen-bond acceptors (Lipinski definition) is 4. The van der Waals surface area contributed by atoms with Crippen LogP contribution in [0.4, 0.5) is 8.78 Å². The normalized spacial score (nSPS) is 20.0. The van der Waals surface area contributed by atoms with Crippen LogP contribution in [-0.2, 0) is 9.53 Å². The molecule has 1 N–H and O–H groups in total. The molecule has 1 aliphatic heterocycles. The summed E-state index contributed by atoms with van der Waals surface area (Å²) in [5, 5.41) is 10.5. The van der Waals surface area contributed by atoms with Crippen molar-refractivity contribution in [3.63, 3.8) is 0 Å². The molecule has 0 fully saturated rings. The Morgan fingerprint density at radius 2 is 1.88 bits per heavy atom. The van der Waals surface area contributed by atoms with E-state index in [0.717, 1.165) is 0 Å². The van der Waals surface area contributed by atoms with E-state index < -0.39 is 23.4 Å². The van der Waals surface area contributed by atoms with Crippen molar-refractivity contribution >= 4 is 17.6 Å². The van der Waals surface area contributed by atoms with Gasteiger partial charge in [-0.2, -0.15) is 0 Å². The molecule has 0 saturated heterocycles. The summed E-state index contributed by atoms with van der Waals surface area (Å²) >= 11 is 0. The zero-order chi connectivity index (χ0) is 18.9. The lowest BCUT2D eigenvalue weighted by Gasteiger charge is -2.20.